The minimum atomic E-state index is 1.17. The molecule has 0 radical (unpaired) electrons. The summed E-state index contributed by atoms with van der Waals surface area (Å²) in [6.45, 7) is 4.39. The van der Waals surface area contributed by atoms with Crippen LogP contribution in [0.2, 0.25) is 0 Å². The van der Waals surface area contributed by atoms with Crippen molar-refractivity contribution in [3.63, 3.8) is 0 Å². The van der Waals surface area contributed by atoms with E-state index in [0.29, 0.717) is 0 Å². The van der Waals surface area contributed by atoms with Gasteiger partial charge in [-0.15, -0.1) is 23.5 Å². The second-order valence-corrected chi connectivity index (χ2v) is 5.32. The Morgan fingerprint density at radius 3 is 1.91 bits per heavy atom. The first-order valence-electron chi connectivity index (χ1n) is 3.70. The first kappa shape index (κ1) is 9.49. The standard InChI is InChI=1S/C8H12S3/c1-3-10-7-5-9-6-8(7)11-4-2/h5-6H,3-4H2,1-2H3. The number of thioether (sulfide) groups is 2. The molecule has 0 aliphatic rings. The lowest BCUT2D eigenvalue weighted by molar-refractivity contribution is 1.31. The van der Waals surface area contributed by atoms with Crippen molar-refractivity contribution in [3.05, 3.63) is 10.8 Å². The highest BCUT2D eigenvalue weighted by atomic mass is 32.2. The molecule has 0 spiro atoms. The van der Waals surface area contributed by atoms with Crippen LogP contribution in [0.5, 0.6) is 0 Å². The molecule has 0 aliphatic heterocycles. The van der Waals surface area contributed by atoms with Crippen molar-refractivity contribution in [3.8, 4) is 0 Å². The maximum atomic E-state index is 2.24. The maximum Gasteiger partial charge on any atom is 0.0315 e. The van der Waals surface area contributed by atoms with Crippen LogP contribution in [-0.4, -0.2) is 11.5 Å². The second kappa shape index (κ2) is 5.12. The summed E-state index contributed by atoms with van der Waals surface area (Å²) in [5, 5.41) is 4.48. The minimum Gasteiger partial charge on any atom is -0.150 e. The lowest BCUT2D eigenvalue weighted by Gasteiger charge is -1.98. The maximum absolute atomic E-state index is 2.24. The first-order valence-corrected chi connectivity index (χ1v) is 6.61. The third kappa shape index (κ3) is 2.73. The molecule has 0 amide bonds. The van der Waals surface area contributed by atoms with Gasteiger partial charge in [0.25, 0.3) is 0 Å². The third-order valence-corrected chi connectivity index (χ3v) is 4.24. The van der Waals surface area contributed by atoms with Gasteiger partial charge in [-0.05, 0) is 11.5 Å². The number of hydrogen-bond acceptors (Lipinski definition) is 3. The van der Waals surface area contributed by atoms with Gasteiger partial charge in [-0.3, -0.25) is 0 Å². The van der Waals surface area contributed by atoms with Crippen LogP contribution in [0.4, 0.5) is 0 Å². The molecule has 3 heteroatoms. The largest absolute Gasteiger partial charge is 0.150 e. The quantitative estimate of drug-likeness (QED) is 0.681. The molecule has 0 aliphatic carbocycles. The Morgan fingerprint density at radius 2 is 1.55 bits per heavy atom. The van der Waals surface area contributed by atoms with Crippen molar-refractivity contribution in [2.75, 3.05) is 11.5 Å². The van der Waals surface area contributed by atoms with E-state index >= 15 is 0 Å². The monoisotopic (exact) mass is 204 g/mol. The molecule has 11 heavy (non-hydrogen) atoms. The highest BCUT2D eigenvalue weighted by Gasteiger charge is 2.01. The molecular weight excluding hydrogens is 192 g/mol. The van der Waals surface area contributed by atoms with Crippen LogP contribution < -0.4 is 0 Å². The molecular formula is C8H12S3. The predicted octanol–water partition coefficient (Wildman–Crippen LogP) is 3.97. The summed E-state index contributed by atoms with van der Waals surface area (Å²) >= 11 is 5.68. The normalized spacial score (nSPS) is 10.4. The summed E-state index contributed by atoms with van der Waals surface area (Å²) in [6, 6.07) is 0. The van der Waals surface area contributed by atoms with Gasteiger partial charge < -0.3 is 0 Å². The lowest BCUT2D eigenvalue weighted by atomic mass is 10.7. The molecule has 1 aromatic rings. The van der Waals surface area contributed by atoms with Crippen molar-refractivity contribution in [2.24, 2.45) is 0 Å². The van der Waals surface area contributed by atoms with Crippen molar-refractivity contribution in [1.82, 2.24) is 0 Å². The van der Waals surface area contributed by atoms with Crippen LogP contribution in [0.3, 0.4) is 0 Å². The molecule has 0 bridgehead atoms. The average Bonchev–Trinajstić information content (AvgIpc) is 2.39. The van der Waals surface area contributed by atoms with Gasteiger partial charge >= 0.3 is 0 Å². The Balaban J connectivity index is 2.62. The molecule has 1 heterocycles. The molecule has 0 saturated heterocycles. The molecule has 0 nitrogen and oxygen atoms in total. The zero-order valence-electron chi connectivity index (χ0n) is 6.79. The predicted molar refractivity (Wildman–Crippen MR) is 57.1 cm³/mol. The Kier molecular flexibility index (Phi) is 4.41. The van der Waals surface area contributed by atoms with Crippen molar-refractivity contribution < 1.29 is 0 Å². The van der Waals surface area contributed by atoms with Crippen molar-refractivity contribution >= 4 is 34.9 Å². The van der Waals surface area contributed by atoms with Gasteiger partial charge in [0, 0.05) is 20.6 Å². The first-order chi connectivity index (χ1) is 5.38. The minimum absolute atomic E-state index is 1.17. The summed E-state index contributed by atoms with van der Waals surface area (Å²) in [7, 11) is 0. The molecule has 0 aromatic carbocycles. The molecule has 0 fully saturated rings. The van der Waals surface area contributed by atoms with E-state index in [1.807, 2.05) is 23.5 Å². The highest BCUT2D eigenvalue weighted by Crippen LogP contribution is 2.33. The van der Waals surface area contributed by atoms with Crippen LogP contribution in [0, 0.1) is 0 Å². The third-order valence-electron chi connectivity index (χ3n) is 1.19. The molecule has 0 atom stereocenters. The average molecular weight is 204 g/mol. The fourth-order valence-electron chi connectivity index (χ4n) is 0.795. The van der Waals surface area contributed by atoms with E-state index in [2.05, 4.69) is 24.6 Å². The van der Waals surface area contributed by atoms with Crippen LogP contribution in [0.15, 0.2) is 20.6 Å². The van der Waals surface area contributed by atoms with E-state index in [1.165, 1.54) is 21.3 Å². The lowest BCUT2D eigenvalue weighted by Crippen LogP contribution is -1.72. The molecule has 0 N–H and O–H groups in total. The van der Waals surface area contributed by atoms with Crippen LogP contribution in [-0.2, 0) is 0 Å². The molecule has 62 valence electrons. The summed E-state index contributed by atoms with van der Waals surface area (Å²) < 4.78 is 0. The van der Waals surface area contributed by atoms with Gasteiger partial charge in [0.2, 0.25) is 0 Å². The van der Waals surface area contributed by atoms with Gasteiger partial charge in [0.1, 0.15) is 0 Å². The summed E-state index contributed by atoms with van der Waals surface area (Å²) in [5.74, 6) is 2.35. The Morgan fingerprint density at radius 1 is 1.09 bits per heavy atom. The van der Waals surface area contributed by atoms with Gasteiger partial charge in [-0.1, -0.05) is 13.8 Å². The van der Waals surface area contributed by atoms with Crippen LogP contribution >= 0.6 is 34.9 Å². The Labute approximate surface area is 80.8 Å². The van der Waals surface area contributed by atoms with Crippen molar-refractivity contribution in [2.45, 2.75) is 23.6 Å². The van der Waals surface area contributed by atoms with Crippen LogP contribution in [0.25, 0.3) is 0 Å². The zero-order valence-corrected chi connectivity index (χ0v) is 9.24. The smallest absolute Gasteiger partial charge is 0.0315 e. The Bertz CT molecular complexity index is 184. The van der Waals surface area contributed by atoms with E-state index in [1.54, 1.807) is 11.3 Å². The van der Waals surface area contributed by atoms with E-state index in [9.17, 15) is 0 Å². The highest BCUT2D eigenvalue weighted by molar-refractivity contribution is 8.02. The SMILES string of the molecule is CCSc1cscc1SCC. The summed E-state index contributed by atoms with van der Waals surface area (Å²) in [6.07, 6.45) is 0. The van der Waals surface area contributed by atoms with Crippen molar-refractivity contribution in [1.29, 1.82) is 0 Å². The summed E-state index contributed by atoms with van der Waals surface area (Å²) in [5.41, 5.74) is 0. The molecule has 0 saturated carbocycles. The zero-order chi connectivity index (χ0) is 8.10. The summed E-state index contributed by atoms with van der Waals surface area (Å²) in [4.78, 5) is 2.92. The number of thiophene rings is 1. The van der Waals surface area contributed by atoms with Crippen LogP contribution in [0.1, 0.15) is 13.8 Å². The topological polar surface area (TPSA) is 0 Å². The molecule has 1 rings (SSSR count). The fraction of sp³-hybridized carbons (Fsp3) is 0.500. The fourth-order valence-corrected chi connectivity index (χ4v) is 3.77. The van der Waals surface area contributed by atoms with Gasteiger partial charge in [-0.25, -0.2) is 0 Å². The number of hydrogen-bond donors (Lipinski definition) is 0. The second-order valence-electron chi connectivity index (χ2n) is 1.97. The van der Waals surface area contributed by atoms with E-state index in [-0.39, 0.29) is 0 Å². The van der Waals surface area contributed by atoms with Gasteiger partial charge in [0.15, 0.2) is 0 Å². The van der Waals surface area contributed by atoms with Gasteiger partial charge in [0.05, 0.1) is 0 Å². The van der Waals surface area contributed by atoms with E-state index < -0.39 is 0 Å². The van der Waals surface area contributed by atoms with E-state index in [0.717, 1.165) is 0 Å². The Hall–Kier alpha value is 0.400. The van der Waals surface area contributed by atoms with E-state index in [4.69, 9.17) is 0 Å². The number of rotatable bonds is 4. The molecule has 1 aromatic heterocycles. The molecule has 0 unspecified atom stereocenters. The van der Waals surface area contributed by atoms with Gasteiger partial charge in [-0.2, -0.15) is 11.3 Å².